The molecule has 0 rings (SSSR count). The SMILES string of the molecule is CCOP(=S)(OCC)OP(=S)(OCC)OCC.O=C(O)C(=O)O. The Labute approximate surface area is 145 Å². The Bertz CT molecular complexity index is 398. The van der Waals surface area contributed by atoms with Gasteiger partial charge in [0.25, 0.3) is 0 Å². The van der Waals surface area contributed by atoms with Crippen LogP contribution in [0, 0.1) is 0 Å². The first kappa shape index (κ1) is 25.3. The molecule has 0 heterocycles. The number of hydrogen-bond acceptors (Lipinski definition) is 9. The van der Waals surface area contributed by atoms with Gasteiger partial charge >= 0.3 is 25.4 Å². The van der Waals surface area contributed by atoms with E-state index in [-0.39, 0.29) is 0 Å². The summed E-state index contributed by atoms with van der Waals surface area (Å²) in [5.41, 5.74) is 0. The van der Waals surface area contributed by atoms with Crippen molar-refractivity contribution in [1.82, 2.24) is 0 Å². The van der Waals surface area contributed by atoms with Gasteiger partial charge in [-0.05, 0) is 51.3 Å². The van der Waals surface area contributed by atoms with Crippen molar-refractivity contribution in [3.63, 3.8) is 0 Å². The van der Waals surface area contributed by atoms with Crippen LogP contribution in [0.5, 0.6) is 0 Å². The summed E-state index contributed by atoms with van der Waals surface area (Å²) in [6.07, 6.45) is 0. The van der Waals surface area contributed by atoms with Gasteiger partial charge in [0, 0.05) is 0 Å². The van der Waals surface area contributed by atoms with Crippen LogP contribution in [0.2, 0.25) is 0 Å². The Morgan fingerprint density at radius 1 is 0.739 bits per heavy atom. The summed E-state index contributed by atoms with van der Waals surface area (Å²) in [4.78, 5) is 18.2. The van der Waals surface area contributed by atoms with E-state index in [0.717, 1.165) is 0 Å². The molecule has 0 bridgehead atoms. The second kappa shape index (κ2) is 13.3. The maximum Gasteiger partial charge on any atom is 0.414 e. The normalized spacial score (nSPS) is 11.5. The molecule has 0 saturated heterocycles. The van der Waals surface area contributed by atoms with Crippen LogP contribution in [-0.4, -0.2) is 48.6 Å². The third kappa shape index (κ3) is 13.1. The molecule has 138 valence electrons. The molecule has 23 heavy (non-hydrogen) atoms. The lowest BCUT2D eigenvalue weighted by atomic mass is 10.7. The van der Waals surface area contributed by atoms with E-state index in [1.165, 1.54) is 0 Å². The number of hydrogen-bond donors (Lipinski definition) is 2. The summed E-state index contributed by atoms with van der Waals surface area (Å²) in [5, 5.41) is 14.8. The van der Waals surface area contributed by atoms with Crippen LogP contribution in [0.1, 0.15) is 27.7 Å². The van der Waals surface area contributed by atoms with Gasteiger partial charge in [-0.15, -0.1) is 0 Å². The lowest BCUT2D eigenvalue weighted by Gasteiger charge is -2.27. The van der Waals surface area contributed by atoms with Crippen molar-refractivity contribution in [1.29, 1.82) is 0 Å². The van der Waals surface area contributed by atoms with Gasteiger partial charge < -0.3 is 28.3 Å². The molecule has 2 N–H and O–H groups in total. The van der Waals surface area contributed by atoms with E-state index in [0.29, 0.717) is 26.4 Å². The van der Waals surface area contributed by atoms with E-state index in [2.05, 4.69) is 0 Å². The van der Waals surface area contributed by atoms with Crippen LogP contribution >= 0.6 is 13.4 Å². The van der Waals surface area contributed by atoms with Crippen LogP contribution in [0.25, 0.3) is 0 Å². The highest BCUT2D eigenvalue weighted by Crippen LogP contribution is 2.66. The number of rotatable bonds is 10. The summed E-state index contributed by atoms with van der Waals surface area (Å²) in [6, 6.07) is 0. The van der Waals surface area contributed by atoms with Crippen LogP contribution < -0.4 is 0 Å². The predicted molar refractivity (Wildman–Crippen MR) is 91.4 cm³/mol. The number of carboxylic acids is 2. The van der Waals surface area contributed by atoms with Crippen LogP contribution in [0.4, 0.5) is 0 Å². The molecule has 0 aliphatic rings. The summed E-state index contributed by atoms with van der Waals surface area (Å²) >= 11 is 10.4. The van der Waals surface area contributed by atoms with Crippen LogP contribution in [0.3, 0.4) is 0 Å². The maximum atomic E-state index is 9.10. The Morgan fingerprint density at radius 3 is 1.09 bits per heavy atom. The lowest BCUT2D eigenvalue weighted by Crippen LogP contribution is -2.09. The molecule has 0 saturated carbocycles. The highest BCUT2D eigenvalue weighted by atomic mass is 32.5. The smallest absolute Gasteiger partial charge is 0.414 e. The third-order valence-electron chi connectivity index (χ3n) is 1.53. The zero-order valence-corrected chi connectivity index (χ0v) is 16.7. The second-order valence-corrected chi connectivity index (χ2v) is 9.42. The Morgan fingerprint density at radius 2 is 0.957 bits per heavy atom. The summed E-state index contributed by atoms with van der Waals surface area (Å²) in [6.45, 7) is 3.09. The van der Waals surface area contributed by atoms with E-state index >= 15 is 0 Å². The largest absolute Gasteiger partial charge is 0.473 e. The standard InChI is InChI=1S/C8H20O5P2S2.C2H2O4/c1-5-9-14(16,10-6-2)13-15(17,11-7-3)12-8-4;3-1(4)2(5)6/h5-8H2,1-4H3;(H,3,4)(H,5,6). The molecule has 0 spiro atoms. The highest BCUT2D eigenvalue weighted by Gasteiger charge is 2.31. The van der Waals surface area contributed by atoms with Crippen molar-refractivity contribution in [2.75, 3.05) is 26.4 Å². The molecular weight excluding hydrogens is 390 g/mol. The topological polar surface area (TPSA) is 121 Å². The molecule has 0 aliphatic carbocycles. The minimum Gasteiger partial charge on any atom is -0.473 e. The fourth-order valence-corrected chi connectivity index (χ4v) is 7.30. The Hall–Kier alpha value is 0.0400. The third-order valence-corrected chi connectivity index (χ3v) is 7.89. The highest BCUT2D eigenvalue weighted by molar-refractivity contribution is 8.14. The fourth-order valence-electron chi connectivity index (χ4n) is 0.924. The average molecular weight is 412 g/mol. The first-order chi connectivity index (χ1) is 10.6. The molecule has 0 aromatic rings. The minimum absolute atomic E-state index is 0.394. The molecule has 0 unspecified atom stereocenters. The monoisotopic (exact) mass is 412 g/mol. The first-order valence-corrected chi connectivity index (χ1v) is 11.7. The van der Waals surface area contributed by atoms with Crippen molar-refractivity contribution in [2.45, 2.75) is 27.7 Å². The lowest BCUT2D eigenvalue weighted by molar-refractivity contribution is -0.159. The minimum atomic E-state index is -2.87. The molecule has 13 heteroatoms. The molecule has 0 fully saturated rings. The summed E-state index contributed by atoms with van der Waals surface area (Å²) in [7, 11) is 0. The van der Waals surface area contributed by atoms with E-state index in [1.54, 1.807) is 0 Å². The maximum absolute atomic E-state index is 9.10. The van der Waals surface area contributed by atoms with E-state index < -0.39 is 25.4 Å². The van der Waals surface area contributed by atoms with Gasteiger partial charge in [-0.3, -0.25) is 0 Å². The first-order valence-electron chi connectivity index (χ1n) is 6.55. The van der Waals surface area contributed by atoms with E-state index in [4.69, 9.17) is 65.8 Å². The molecule has 9 nitrogen and oxygen atoms in total. The number of carbonyl (C=O) groups is 2. The summed E-state index contributed by atoms with van der Waals surface area (Å²) < 4.78 is 26.9. The molecule has 0 aromatic heterocycles. The van der Waals surface area contributed by atoms with Gasteiger partial charge in [-0.1, -0.05) is 0 Å². The van der Waals surface area contributed by atoms with Gasteiger partial charge in [-0.25, -0.2) is 13.9 Å². The Kier molecular flexibility index (Phi) is 14.7. The van der Waals surface area contributed by atoms with Crippen molar-refractivity contribution < 1.29 is 42.2 Å². The zero-order valence-electron chi connectivity index (χ0n) is 13.3. The molecule has 0 radical (unpaired) electrons. The van der Waals surface area contributed by atoms with Gasteiger partial charge in [0.05, 0.1) is 26.4 Å². The van der Waals surface area contributed by atoms with Crippen LogP contribution in [-0.2, 0) is 55.6 Å². The molecular formula is C10H22O9P2S2. The molecule has 0 amide bonds. The molecule has 0 atom stereocenters. The van der Waals surface area contributed by atoms with E-state index in [9.17, 15) is 0 Å². The van der Waals surface area contributed by atoms with Crippen molar-refractivity contribution in [3.05, 3.63) is 0 Å². The quantitative estimate of drug-likeness (QED) is 0.407. The second-order valence-electron chi connectivity index (χ2n) is 3.26. The average Bonchev–Trinajstić information content (AvgIpc) is 2.39. The van der Waals surface area contributed by atoms with Crippen LogP contribution in [0.15, 0.2) is 0 Å². The number of carboxylic acid groups (broad SMARTS) is 2. The van der Waals surface area contributed by atoms with Gasteiger partial charge in [0.1, 0.15) is 0 Å². The predicted octanol–water partition coefficient (Wildman–Crippen LogP) is 2.75. The number of aliphatic carboxylic acids is 2. The fraction of sp³-hybridized carbons (Fsp3) is 0.800. The van der Waals surface area contributed by atoms with E-state index in [1.807, 2.05) is 27.7 Å². The van der Waals surface area contributed by atoms with Crippen molar-refractivity contribution in [3.8, 4) is 0 Å². The Balaban J connectivity index is 0. The van der Waals surface area contributed by atoms with Gasteiger partial charge in [0.15, 0.2) is 0 Å². The van der Waals surface area contributed by atoms with Gasteiger partial charge in [0.2, 0.25) is 0 Å². The van der Waals surface area contributed by atoms with Crippen molar-refractivity contribution in [2.24, 2.45) is 0 Å². The zero-order chi connectivity index (χ0) is 18.5. The molecule has 0 aliphatic heterocycles. The van der Waals surface area contributed by atoms with Crippen molar-refractivity contribution >= 4 is 49.0 Å². The molecule has 0 aromatic carbocycles. The summed E-state index contributed by atoms with van der Waals surface area (Å²) in [5.74, 6) is -3.65. The van der Waals surface area contributed by atoms with Gasteiger partial charge in [-0.2, -0.15) is 0 Å².